The molecule has 6 rings (SSSR count). The Balaban J connectivity index is 1.62. The summed E-state index contributed by atoms with van der Waals surface area (Å²) in [4.78, 5) is 0. The van der Waals surface area contributed by atoms with Gasteiger partial charge in [0.05, 0.1) is 0 Å². The second-order valence-electron chi connectivity index (χ2n) is 15.0. The van der Waals surface area contributed by atoms with E-state index in [0.717, 1.165) is 0 Å². The molecule has 0 heterocycles. The first kappa shape index (κ1) is 33.9. The molecule has 0 N–H and O–H groups in total. The van der Waals surface area contributed by atoms with E-state index in [-0.39, 0.29) is 7.25 Å². The number of fused-ring (bicyclic) bond motifs is 2. The van der Waals surface area contributed by atoms with Crippen LogP contribution >= 0.6 is 17.0 Å². The third kappa shape index (κ3) is 5.08. The molecule has 0 radical (unpaired) electrons. The first-order chi connectivity index (χ1) is 21.7. The predicted octanol–water partition coefficient (Wildman–Crippen LogP) is 13.5. The van der Waals surface area contributed by atoms with Gasteiger partial charge in [-0.2, -0.15) is 0 Å². The second kappa shape index (κ2) is 12.2. The molecule has 46 heavy (non-hydrogen) atoms. The number of aryl methyl sites for hydroxylation is 2. The van der Waals surface area contributed by atoms with Crippen molar-refractivity contribution in [3.8, 4) is 22.3 Å². The van der Waals surface area contributed by atoms with Gasteiger partial charge in [-0.05, 0) is 0 Å². The number of benzene rings is 4. The topological polar surface area (TPSA) is 0 Å². The summed E-state index contributed by atoms with van der Waals surface area (Å²) in [6.07, 6.45) is 4.91. The number of hydrogen-bond donors (Lipinski definition) is 0. The average Bonchev–Trinajstić information content (AvgIpc) is 3.53. The van der Waals surface area contributed by atoms with Crippen molar-refractivity contribution in [2.45, 2.75) is 87.6 Å². The summed E-state index contributed by atoms with van der Waals surface area (Å²) in [6.45, 7) is 23.2. The molecule has 0 spiro atoms. The monoisotopic (exact) mass is 741 g/mol. The van der Waals surface area contributed by atoms with Gasteiger partial charge in [-0.15, -0.1) is 0 Å². The standard InChI is InChI=1S/2C20H21.C2H7Si.2ClH.Zr/c2*1-13(2)17-10-9-16-11-14(3)12-19(16)20(17)18-8-6-5-7-15(18)4;1-3-2;;;/h2*5-13H,1-4H3;3H,1-2H3;2*1H;/q;;;;;+2/p-2. The van der Waals surface area contributed by atoms with Crippen molar-refractivity contribution in [3.63, 3.8) is 0 Å². The van der Waals surface area contributed by atoms with Crippen molar-refractivity contribution in [1.29, 1.82) is 0 Å². The van der Waals surface area contributed by atoms with E-state index in [1.54, 1.807) is 0 Å². The minimum absolute atomic E-state index is 0.0846. The molecule has 0 saturated carbocycles. The summed E-state index contributed by atoms with van der Waals surface area (Å²) in [5.41, 5.74) is 18.9. The zero-order valence-corrected chi connectivity index (χ0v) is 34.4. The number of rotatable bonds is 7. The van der Waals surface area contributed by atoms with Gasteiger partial charge >= 0.3 is 289 Å². The molecule has 0 nitrogen and oxygen atoms in total. The SMILES string of the molecule is CC1=Cc2c(ccc(C(C)C)c2-c2ccccc2C)[CH]1[Zr]([Cl])([Cl])([CH]1C(C)=Cc2c1ccc(C(C)C)c2-c1ccccc1C)[SiH](C)C. The van der Waals surface area contributed by atoms with Crippen LogP contribution in [0, 0.1) is 13.8 Å². The molecule has 0 fully saturated rings. The van der Waals surface area contributed by atoms with E-state index in [2.05, 4.69) is 153 Å². The van der Waals surface area contributed by atoms with Gasteiger partial charge in [0, 0.05) is 0 Å². The summed E-state index contributed by atoms with van der Waals surface area (Å²) in [7, 11) is 17.2. The van der Waals surface area contributed by atoms with Crippen molar-refractivity contribution >= 4 is 35.1 Å². The van der Waals surface area contributed by atoms with Crippen LogP contribution in [0.25, 0.3) is 34.4 Å². The van der Waals surface area contributed by atoms with Gasteiger partial charge in [0.15, 0.2) is 0 Å². The Bertz CT molecular complexity index is 1790. The Labute approximate surface area is 286 Å². The molecule has 239 valence electrons. The number of hydrogen-bond acceptors (Lipinski definition) is 0. The minimum atomic E-state index is -4.80. The van der Waals surface area contributed by atoms with Crippen LogP contribution in [-0.2, 0) is 15.6 Å². The Morgan fingerprint density at radius 1 is 0.565 bits per heavy atom. The van der Waals surface area contributed by atoms with E-state index in [9.17, 15) is 0 Å². The van der Waals surface area contributed by atoms with Crippen molar-refractivity contribution in [2.75, 3.05) is 0 Å². The van der Waals surface area contributed by atoms with Crippen LogP contribution in [0.2, 0.25) is 13.1 Å². The normalized spacial score (nSPS) is 18.5. The van der Waals surface area contributed by atoms with Crippen LogP contribution < -0.4 is 0 Å². The Morgan fingerprint density at radius 2 is 0.935 bits per heavy atom. The van der Waals surface area contributed by atoms with Crippen molar-refractivity contribution < 1.29 is 15.6 Å². The number of halogens is 2. The molecule has 4 aromatic rings. The van der Waals surface area contributed by atoms with E-state index < -0.39 is 21.5 Å². The fraction of sp³-hybridized carbons (Fsp3) is 0.333. The Kier molecular flexibility index (Phi) is 8.98. The van der Waals surface area contributed by atoms with Gasteiger partial charge in [-0.1, -0.05) is 0 Å². The van der Waals surface area contributed by atoms with Crippen LogP contribution in [0.15, 0.2) is 83.9 Å². The molecule has 2 aliphatic rings. The van der Waals surface area contributed by atoms with Crippen LogP contribution in [-0.4, -0.2) is 5.92 Å². The van der Waals surface area contributed by atoms with E-state index in [1.807, 2.05) is 0 Å². The quantitative estimate of drug-likeness (QED) is 0.165. The van der Waals surface area contributed by atoms with Gasteiger partial charge < -0.3 is 0 Å². The Morgan fingerprint density at radius 3 is 1.26 bits per heavy atom. The summed E-state index contributed by atoms with van der Waals surface area (Å²) < 4.78 is 0.169. The molecule has 0 bridgehead atoms. The molecular formula is C42H49Cl2SiZr. The van der Waals surface area contributed by atoms with Crippen LogP contribution in [0.4, 0.5) is 0 Å². The molecule has 2 atom stereocenters. The van der Waals surface area contributed by atoms with Crippen LogP contribution in [0.3, 0.4) is 0 Å². The van der Waals surface area contributed by atoms with Crippen molar-refractivity contribution in [3.05, 3.63) is 128 Å². The maximum absolute atomic E-state index is 8.61. The molecule has 0 aliphatic heterocycles. The first-order valence-corrected chi connectivity index (χ1v) is 33.4. The molecule has 4 aromatic carbocycles. The van der Waals surface area contributed by atoms with E-state index in [0.29, 0.717) is 11.8 Å². The second-order valence-corrected chi connectivity index (χ2v) is 57.5. The van der Waals surface area contributed by atoms with E-state index >= 15 is 0 Å². The zero-order chi connectivity index (χ0) is 33.3. The van der Waals surface area contributed by atoms with Crippen molar-refractivity contribution in [1.82, 2.24) is 0 Å². The van der Waals surface area contributed by atoms with Crippen LogP contribution in [0.5, 0.6) is 0 Å². The fourth-order valence-electron chi connectivity index (χ4n) is 8.80. The third-order valence-corrected chi connectivity index (χ3v) is 63.4. The fourth-order valence-corrected chi connectivity index (χ4v) is 41.7. The Hall–Kier alpha value is -1.96. The maximum atomic E-state index is 8.61. The van der Waals surface area contributed by atoms with Crippen LogP contribution in [0.1, 0.15) is 105 Å². The van der Waals surface area contributed by atoms with Gasteiger partial charge in [-0.25, -0.2) is 0 Å². The molecule has 2 unspecified atom stereocenters. The molecular weight excluding hydrogens is 695 g/mol. The molecule has 0 saturated heterocycles. The summed E-state index contributed by atoms with van der Waals surface area (Å²) >= 11 is -4.80. The van der Waals surface area contributed by atoms with Gasteiger partial charge in [0.1, 0.15) is 0 Å². The summed E-state index contributed by atoms with van der Waals surface area (Å²) in [5.74, 6) is -0.809. The first-order valence-electron chi connectivity index (χ1n) is 17.1. The van der Waals surface area contributed by atoms with E-state index in [4.69, 9.17) is 17.0 Å². The molecule has 0 aromatic heterocycles. The third-order valence-electron chi connectivity index (χ3n) is 11.2. The molecule has 2 aliphatic carbocycles. The predicted molar refractivity (Wildman–Crippen MR) is 205 cm³/mol. The van der Waals surface area contributed by atoms with Gasteiger partial charge in [-0.3, -0.25) is 0 Å². The summed E-state index contributed by atoms with van der Waals surface area (Å²) in [5, 5.41) is 0. The molecule has 0 amide bonds. The molecule has 4 heteroatoms. The van der Waals surface area contributed by atoms with Crippen molar-refractivity contribution in [2.24, 2.45) is 0 Å². The average molecular weight is 744 g/mol. The van der Waals surface area contributed by atoms with E-state index in [1.165, 1.54) is 77.9 Å². The summed E-state index contributed by atoms with van der Waals surface area (Å²) in [6, 6.07) is 27.2. The van der Waals surface area contributed by atoms with Gasteiger partial charge in [0.2, 0.25) is 0 Å². The zero-order valence-electron chi connectivity index (χ0n) is 29.2. The van der Waals surface area contributed by atoms with Gasteiger partial charge in [0.25, 0.3) is 0 Å². The number of allylic oxidation sites excluding steroid dienone is 2.